The summed E-state index contributed by atoms with van der Waals surface area (Å²) >= 11 is 7.23. The van der Waals surface area contributed by atoms with Crippen LogP contribution in [-0.4, -0.2) is 23.4 Å². The van der Waals surface area contributed by atoms with Gasteiger partial charge >= 0.3 is 0 Å². The van der Waals surface area contributed by atoms with Crippen LogP contribution in [0.5, 0.6) is 5.75 Å². The average Bonchev–Trinajstić information content (AvgIpc) is 2.88. The summed E-state index contributed by atoms with van der Waals surface area (Å²) in [6.07, 6.45) is 1.95. The van der Waals surface area contributed by atoms with Crippen molar-refractivity contribution in [2.45, 2.75) is 40.2 Å². The van der Waals surface area contributed by atoms with Gasteiger partial charge in [0.1, 0.15) is 5.75 Å². The lowest BCUT2D eigenvalue weighted by Crippen LogP contribution is -2.18. The summed E-state index contributed by atoms with van der Waals surface area (Å²) in [5.74, 6) is -0.0544. The molecule has 0 unspecified atom stereocenters. The number of carbonyl (C=O) groups excluding carboxylic acids is 2. The van der Waals surface area contributed by atoms with E-state index in [4.69, 9.17) is 16.3 Å². The van der Waals surface area contributed by atoms with Gasteiger partial charge in [-0.05, 0) is 31.5 Å². The Hall–Kier alpha value is -1.92. The molecular formula is C18H21ClN2O3S. The van der Waals surface area contributed by atoms with E-state index in [1.54, 1.807) is 12.1 Å². The molecule has 0 bridgehead atoms. The molecule has 25 heavy (non-hydrogen) atoms. The number of aromatic nitrogens is 1. The van der Waals surface area contributed by atoms with E-state index >= 15 is 0 Å². The molecule has 1 aromatic heterocycles. The van der Waals surface area contributed by atoms with Gasteiger partial charge in [-0.2, -0.15) is 4.99 Å². The Morgan fingerprint density at radius 2 is 2.08 bits per heavy atom. The molecular weight excluding hydrogens is 360 g/mol. The highest BCUT2D eigenvalue weighted by atomic mass is 35.5. The van der Waals surface area contributed by atoms with Crippen molar-refractivity contribution >= 4 is 34.6 Å². The molecule has 0 N–H and O–H groups in total. The standard InChI is InChI=1S/C18H21ClN2O3S/c1-5-6-9-21-11(2)16(12(3)22)25-18(21)20-17(23)14-10-13(19)7-8-15(14)24-4/h7-8,10H,5-6,9H2,1-4H3/b20-18-. The lowest BCUT2D eigenvalue weighted by molar-refractivity contribution is 0.0992. The molecule has 0 aliphatic heterocycles. The number of Topliss-reactive ketones (excluding diaryl/α,β-unsaturated/α-hetero) is 1. The highest BCUT2D eigenvalue weighted by Crippen LogP contribution is 2.23. The molecule has 1 amide bonds. The first kappa shape index (κ1) is 19.4. The average molecular weight is 381 g/mol. The maximum Gasteiger partial charge on any atom is 0.283 e. The number of carbonyl (C=O) groups is 2. The lowest BCUT2D eigenvalue weighted by atomic mass is 10.2. The number of nitrogens with zero attached hydrogens (tertiary/aromatic N) is 2. The molecule has 0 saturated carbocycles. The fourth-order valence-corrected chi connectivity index (χ4v) is 3.69. The van der Waals surface area contributed by atoms with E-state index in [-0.39, 0.29) is 5.78 Å². The second-order valence-electron chi connectivity index (χ2n) is 5.62. The van der Waals surface area contributed by atoms with Crippen molar-refractivity contribution in [2.24, 2.45) is 4.99 Å². The molecule has 5 nitrogen and oxygen atoms in total. The quantitative estimate of drug-likeness (QED) is 0.703. The van der Waals surface area contributed by atoms with E-state index in [2.05, 4.69) is 11.9 Å². The molecule has 7 heteroatoms. The summed E-state index contributed by atoms with van der Waals surface area (Å²) in [6.45, 7) is 6.21. The molecule has 1 aromatic carbocycles. The largest absolute Gasteiger partial charge is 0.496 e. The van der Waals surface area contributed by atoms with Gasteiger partial charge in [0.05, 0.1) is 17.6 Å². The molecule has 0 radical (unpaired) electrons. The number of thiazole rings is 1. The van der Waals surface area contributed by atoms with Crippen LogP contribution in [0, 0.1) is 6.92 Å². The molecule has 2 aromatic rings. The van der Waals surface area contributed by atoms with E-state index < -0.39 is 5.91 Å². The van der Waals surface area contributed by atoms with Gasteiger partial charge in [0.25, 0.3) is 5.91 Å². The van der Waals surface area contributed by atoms with Crippen molar-refractivity contribution < 1.29 is 14.3 Å². The number of ether oxygens (including phenoxy) is 1. The lowest BCUT2D eigenvalue weighted by Gasteiger charge is -2.06. The van der Waals surface area contributed by atoms with Gasteiger partial charge in [0, 0.05) is 24.2 Å². The van der Waals surface area contributed by atoms with Gasteiger partial charge < -0.3 is 9.30 Å². The third-order valence-electron chi connectivity index (χ3n) is 3.80. The first-order valence-electron chi connectivity index (χ1n) is 8.02. The number of methoxy groups -OCH3 is 1. The van der Waals surface area contributed by atoms with E-state index in [0.29, 0.717) is 32.6 Å². The SMILES string of the molecule is CCCCn1c(C)c(C(C)=O)s/c1=N\C(=O)c1cc(Cl)ccc1OC. The first-order chi connectivity index (χ1) is 11.9. The van der Waals surface area contributed by atoms with Crippen LogP contribution in [0.3, 0.4) is 0 Å². The van der Waals surface area contributed by atoms with Gasteiger partial charge in [0.2, 0.25) is 0 Å². The van der Waals surface area contributed by atoms with E-state index in [0.717, 1.165) is 18.5 Å². The van der Waals surface area contributed by atoms with Crippen molar-refractivity contribution in [1.82, 2.24) is 4.57 Å². The molecule has 0 saturated heterocycles. The second-order valence-corrected chi connectivity index (χ2v) is 7.04. The molecule has 134 valence electrons. The van der Waals surface area contributed by atoms with Crippen molar-refractivity contribution in [2.75, 3.05) is 7.11 Å². The predicted molar refractivity (Wildman–Crippen MR) is 99.9 cm³/mol. The number of unbranched alkanes of at least 4 members (excludes halogenated alkanes) is 1. The Bertz CT molecular complexity index is 868. The molecule has 1 heterocycles. The summed E-state index contributed by atoms with van der Waals surface area (Å²) < 4.78 is 7.15. The Balaban J connectivity index is 2.56. The van der Waals surface area contributed by atoms with Crippen molar-refractivity contribution in [1.29, 1.82) is 0 Å². The molecule has 0 aliphatic rings. The smallest absolute Gasteiger partial charge is 0.283 e. The number of benzene rings is 1. The maximum atomic E-state index is 12.7. The van der Waals surface area contributed by atoms with Crippen LogP contribution in [-0.2, 0) is 6.54 Å². The predicted octanol–water partition coefficient (Wildman–Crippen LogP) is 4.26. The van der Waals surface area contributed by atoms with Crippen LogP contribution in [0.4, 0.5) is 0 Å². The summed E-state index contributed by atoms with van der Waals surface area (Å²) in [5, 5.41) is 0.435. The zero-order valence-electron chi connectivity index (χ0n) is 14.8. The van der Waals surface area contributed by atoms with Crippen LogP contribution in [0.25, 0.3) is 0 Å². The zero-order chi connectivity index (χ0) is 18.6. The number of ketones is 1. The van der Waals surface area contributed by atoms with E-state index in [9.17, 15) is 9.59 Å². The van der Waals surface area contributed by atoms with E-state index in [1.165, 1.54) is 31.4 Å². The van der Waals surface area contributed by atoms with Gasteiger partial charge in [-0.15, -0.1) is 0 Å². The maximum absolute atomic E-state index is 12.7. The molecule has 0 atom stereocenters. The van der Waals surface area contributed by atoms with Crippen LogP contribution in [0.2, 0.25) is 5.02 Å². The minimum Gasteiger partial charge on any atom is -0.496 e. The number of hydrogen-bond donors (Lipinski definition) is 0. The molecule has 0 fully saturated rings. The number of hydrogen-bond acceptors (Lipinski definition) is 4. The topological polar surface area (TPSA) is 60.7 Å². The summed E-state index contributed by atoms with van der Waals surface area (Å²) in [6, 6.07) is 4.83. The van der Waals surface area contributed by atoms with Crippen LogP contribution < -0.4 is 9.54 Å². The number of halogens is 1. The zero-order valence-corrected chi connectivity index (χ0v) is 16.3. The van der Waals surface area contributed by atoms with Crippen molar-refractivity contribution in [3.63, 3.8) is 0 Å². The minimum atomic E-state index is -0.444. The van der Waals surface area contributed by atoms with Gasteiger partial charge in [0.15, 0.2) is 10.6 Å². The van der Waals surface area contributed by atoms with Crippen LogP contribution in [0.15, 0.2) is 23.2 Å². The highest BCUT2D eigenvalue weighted by Gasteiger charge is 2.16. The fraction of sp³-hybridized carbons (Fsp3) is 0.389. The fourth-order valence-electron chi connectivity index (χ4n) is 2.47. The van der Waals surface area contributed by atoms with Gasteiger partial charge in [-0.1, -0.05) is 36.3 Å². The van der Waals surface area contributed by atoms with Crippen molar-refractivity contribution in [3.8, 4) is 5.75 Å². The number of amides is 1. The molecule has 0 spiro atoms. The first-order valence-corrected chi connectivity index (χ1v) is 9.22. The number of rotatable bonds is 6. The summed E-state index contributed by atoms with van der Waals surface area (Å²) in [4.78, 5) is 29.9. The third kappa shape index (κ3) is 4.38. The third-order valence-corrected chi connectivity index (χ3v) is 5.32. The monoisotopic (exact) mass is 380 g/mol. The Kier molecular flexibility index (Phi) is 6.56. The second kappa shape index (κ2) is 8.45. The Morgan fingerprint density at radius 1 is 1.36 bits per heavy atom. The highest BCUT2D eigenvalue weighted by molar-refractivity contribution is 7.11. The van der Waals surface area contributed by atoms with E-state index in [1.807, 2.05) is 11.5 Å². The Morgan fingerprint density at radius 3 is 2.68 bits per heavy atom. The summed E-state index contributed by atoms with van der Waals surface area (Å²) in [5.41, 5.74) is 1.14. The molecule has 2 rings (SSSR count). The van der Waals surface area contributed by atoms with Crippen LogP contribution in [0.1, 0.15) is 52.4 Å². The summed E-state index contributed by atoms with van der Waals surface area (Å²) in [7, 11) is 1.49. The minimum absolute atomic E-state index is 0.0259. The van der Waals surface area contributed by atoms with Crippen molar-refractivity contribution in [3.05, 3.63) is 44.2 Å². The van der Waals surface area contributed by atoms with Gasteiger partial charge in [-0.25, -0.2) is 0 Å². The van der Waals surface area contributed by atoms with Crippen LogP contribution >= 0.6 is 22.9 Å². The molecule has 0 aliphatic carbocycles. The van der Waals surface area contributed by atoms with Gasteiger partial charge in [-0.3, -0.25) is 9.59 Å². The Labute approximate surface area is 155 Å². The normalized spacial score (nSPS) is 11.6.